The summed E-state index contributed by atoms with van der Waals surface area (Å²) in [5.41, 5.74) is 1.88. The van der Waals surface area contributed by atoms with Crippen molar-refractivity contribution >= 4 is 34.6 Å². The first-order chi connectivity index (χ1) is 10.1. The highest BCUT2D eigenvalue weighted by Gasteiger charge is 2.32. The number of amides is 1. The molecule has 1 saturated heterocycles. The summed E-state index contributed by atoms with van der Waals surface area (Å²) in [6, 6.07) is 2.01. The Balaban J connectivity index is 1.53. The van der Waals surface area contributed by atoms with Crippen molar-refractivity contribution in [2.24, 2.45) is 5.92 Å². The van der Waals surface area contributed by atoms with Gasteiger partial charge in [0.15, 0.2) is 0 Å². The quantitative estimate of drug-likeness (QED) is 0.917. The molecule has 21 heavy (non-hydrogen) atoms. The van der Waals surface area contributed by atoms with Gasteiger partial charge in [0, 0.05) is 35.3 Å². The van der Waals surface area contributed by atoms with E-state index in [4.69, 9.17) is 5.11 Å². The summed E-state index contributed by atoms with van der Waals surface area (Å²) >= 11 is 3.17. The third-order valence-corrected chi connectivity index (χ3v) is 5.05. The van der Waals surface area contributed by atoms with E-state index in [1.54, 1.807) is 27.6 Å². The van der Waals surface area contributed by atoms with E-state index in [1.807, 2.05) is 22.2 Å². The highest BCUT2D eigenvalue weighted by molar-refractivity contribution is 7.14. The molecule has 0 aromatic carbocycles. The molecule has 3 rings (SSSR count). The topological polar surface area (TPSA) is 70.5 Å². The summed E-state index contributed by atoms with van der Waals surface area (Å²) < 4.78 is 0. The lowest BCUT2D eigenvalue weighted by atomic mass is 9.96. The molecule has 0 aliphatic carbocycles. The minimum Gasteiger partial charge on any atom is -0.481 e. The van der Waals surface area contributed by atoms with Crippen LogP contribution in [0.1, 0.15) is 12.1 Å². The number of carboxylic acids is 1. The van der Waals surface area contributed by atoms with Crippen molar-refractivity contribution in [3.63, 3.8) is 0 Å². The largest absolute Gasteiger partial charge is 0.481 e. The Kier molecular flexibility index (Phi) is 4.03. The van der Waals surface area contributed by atoms with Crippen molar-refractivity contribution in [1.29, 1.82) is 0 Å². The Bertz CT molecular complexity index is 645. The standard InChI is InChI=1S/C14H14N2O3S2/c17-12(16-5-9(6-16)3-13(18)19)4-11-8-21-14(15-11)10-1-2-20-7-10/h1-2,7-9H,3-6H2,(H,18,19). The Morgan fingerprint density at radius 3 is 2.86 bits per heavy atom. The van der Waals surface area contributed by atoms with Crippen LogP contribution in [-0.2, 0) is 16.0 Å². The van der Waals surface area contributed by atoms with Gasteiger partial charge in [-0.3, -0.25) is 9.59 Å². The zero-order valence-corrected chi connectivity index (χ0v) is 12.8. The van der Waals surface area contributed by atoms with E-state index in [0.717, 1.165) is 16.3 Å². The molecule has 1 aliphatic heterocycles. The fraction of sp³-hybridized carbons (Fsp3) is 0.357. The molecule has 1 fully saturated rings. The second kappa shape index (κ2) is 5.95. The summed E-state index contributed by atoms with van der Waals surface area (Å²) in [6.07, 6.45) is 0.434. The van der Waals surface area contributed by atoms with Gasteiger partial charge in [-0.2, -0.15) is 11.3 Å². The van der Waals surface area contributed by atoms with E-state index in [1.165, 1.54) is 0 Å². The zero-order valence-electron chi connectivity index (χ0n) is 11.2. The number of likely N-dealkylation sites (tertiary alicyclic amines) is 1. The molecule has 0 saturated carbocycles. The maximum absolute atomic E-state index is 12.1. The lowest BCUT2D eigenvalue weighted by molar-refractivity contribution is -0.144. The summed E-state index contributed by atoms with van der Waals surface area (Å²) in [7, 11) is 0. The number of aromatic nitrogens is 1. The van der Waals surface area contributed by atoms with Gasteiger partial charge in [0.25, 0.3) is 0 Å². The number of hydrogen-bond acceptors (Lipinski definition) is 5. The minimum atomic E-state index is -0.799. The van der Waals surface area contributed by atoms with E-state index in [9.17, 15) is 9.59 Å². The molecule has 7 heteroatoms. The smallest absolute Gasteiger partial charge is 0.303 e. The minimum absolute atomic E-state index is 0.0267. The molecule has 2 aromatic rings. The molecular formula is C14H14N2O3S2. The molecule has 110 valence electrons. The number of carbonyl (C=O) groups is 2. The van der Waals surface area contributed by atoms with Gasteiger partial charge in [-0.05, 0) is 11.4 Å². The van der Waals surface area contributed by atoms with Gasteiger partial charge in [0.05, 0.1) is 18.5 Å². The number of thiazole rings is 1. The normalized spacial score (nSPS) is 15.0. The molecule has 3 heterocycles. The van der Waals surface area contributed by atoms with Crippen LogP contribution in [0.15, 0.2) is 22.2 Å². The molecule has 0 bridgehead atoms. The fourth-order valence-electron chi connectivity index (χ4n) is 2.32. The van der Waals surface area contributed by atoms with Gasteiger partial charge < -0.3 is 10.0 Å². The van der Waals surface area contributed by atoms with Crippen LogP contribution in [0.5, 0.6) is 0 Å². The first-order valence-electron chi connectivity index (χ1n) is 6.58. The Hall–Kier alpha value is -1.73. The first kappa shape index (κ1) is 14.2. The number of carboxylic acid groups (broad SMARTS) is 1. The van der Waals surface area contributed by atoms with E-state index >= 15 is 0 Å². The molecule has 0 atom stereocenters. The number of carbonyl (C=O) groups excluding carboxylic acids is 1. The lowest BCUT2D eigenvalue weighted by Crippen LogP contribution is -2.51. The van der Waals surface area contributed by atoms with Crippen molar-refractivity contribution < 1.29 is 14.7 Å². The number of nitrogens with zero attached hydrogens (tertiary/aromatic N) is 2. The molecule has 1 aliphatic rings. The van der Waals surface area contributed by atoms with Crippen LogP contribution >= 0.6 is 22.7 Å². The summed E-state index contributed by atoms with van der Waals surface area (Å²) in [4.78, 5) is 28.8. The van der Waals surface area contributed by atoms with Gasteiger partial charge in [0.2, 0.25) is 5.91 Å². The second-order valence-electron chi connectivity index (χ2n) is 5.10. The Labute approximate surface area is 129 Å². The molecule has 2 aromatic heterocycles. The maximum Gasteiger partial charge on any atom is 0.303 e. The molecule has 0 unspecified atom stereocenters. The number of rotatable bonds is 5. The third-order valence-electron chi connectivity index (χ3n) is 3.43. The van der Waals surface area contributed by atoms with Crippen molar-refractivity contribution in [3.8, 4) is 10.6 Å². The lowest BCUT2D eigenvalue weighted by Gasteiger charge is -2.38. The van der Waals surface area contributed by atoms with E-state index in [-0.39, 0.29) is 18.2 Å². The van der Waals surface area contributed by atoms with Crippen LogP contribution in [0.25, 0.3) is 10.6 Å². The second-order valence-corrected chi connectivity index (χ2v) is 6.73. The third kappa shape index (κ3) is 3.30. The van der Waals surface area contributed by atoms with Crippen molar-refractivity contribution in [3.05, 3.63) is 27.9 Å². The van der Waals surface area contributed by atoms with E-state index in [2.05, 4.69) is 4.98 Å². The van der Waals surface area contributed by atoms with E-state index < -0.39 is 5.97 Å². The fourth-order valence-corrected chi connectivity index (χ4v) is 3.86. The van der Waals surface area contributed by atoms with E-state index in [0.29, 0.717) is 19.5 Å². The first-order valence-corrected chi connectivity index (χ1v) is 8.40. The van der Waals surface area contributed by atoms with Crippen LogP contribution in [0.2, 0.25) is 0 Å². The summed E-state index contributed by atoms with van der Waals surface area (Å²) in [6.45, 7) is 1.10. The molecule has 0 spiro atoms. The van der Waals surface area contributed by atoms with Crippen LogP contribution in [-0.4, -0.2) is 40.0 Å². The van der Waals surface area contributed by atoms with Gasteiger partial charge in [-0.15, -0.1) is 11.3 Å². The molecule has 1 amide bonds. The van der Waals surface area contributed by atoms with Gasteiger partial charge >= 0.3 is 5.97 Å². The molecular weight excluding hydrogens is 308 g/mol. The van der Waals surface area contributed by atoms with Crippen molar-refractivity contribution in [2.45, 2.75) is 12.8 Å². The van der Waals surface area contributed by atoms with Crippen LogP contribution < -0.4 is 0 Å². The summed E-state index contributed by atoms with van der Waals surface area (Å²) in [5, 5.41) is 15.6. The van der Waals surface area contributed by atoms with Crippen molar-refractivity contribution in [1.82, 2.24) is 9.88 Å². The Morgan fingerprint density at radius 2 is 2.19 bits per heavy atom. The number of thiophene rings is 1. The monoisotopic (exact) mass is 322 g/mol. The molecule has 1 N–H and O–H groups in total. The number of hydrogen-bond donors (Lipinski definition) is 1. The molecule has 5 nitrogen and oxygen atoms in total. The van der Waals surface area contributed by atoms with Gasteiger partial charge in [-0.25, -0.2) is 4.98 Å². The average Bonchev–Trinajstić information content (AvgIpc) is 3.02. The molecule has 0 radical (unpaired) electrons. The van der Waals surface area contributed by atoms with Gasteiger partial charge in [-0.1, -0.05) is 0 Å². The maximum atomic E-state index is 12.1. The Morgan fingerprint density at radius 1 is 1.38 bits per heavy atom. The van der Waals surface area contributed by atoms with Crippen LogP contribution in [0.3, 0.4) is 0 Å². The predicted octanol–water partition coefficient (Wildman–Crippen LogP) is 2.35. The average molecular weight is 322 g/mol. The highest BCUT2D eigenvalue weighted by atomic mass is 32.1. The van der Waals surface area contributed by atoms with Crippen LogP contribution in [0.4, 0.5) is 0 Å². The van der Waals surface area contributed by atoms with Gasteiger partial charge in [0.1, 0.15) is 5.01 Å². The zero-order chi connectivity index (χ0) is 14.8. The SMILES string of the molecule is O=C(O)CC1CN(C(=O)Cc2csc(-c3ccsc3)n2)C1. The van der Waals surface area contributed by atoms with Crippen LogP contribution in [0, 0.1) is 5.92 Å². The number of aliphatic carboxylic acids is 1. The summed E-state index contributed by atoms with van der Waals surface area (Å²) in [5.74, 6) is -0.672. The predicted molar refractivity (Wildman–Crippen MR) is 81.5 cm³/mol. The van der Waals surface area contributed by atoms with Crippen molar-refractivity contribution in [2.75, 3.05) is 13.1 Å². The highest BCUT2D eigenvalue weighted by Crippen LogP contribution is 2.26.